The fraction of sp³-hybridized carbons (Fsp3) is 0.533. The van der Waals surface area contributed by atoms with E-state index in [1.165, 1.54) is 7.11 Å². The number of nitrogens with one attached hydrogen (secondary N) is 1. The molecule has 7 heteroatoms. The first-order valence-corrected chi connectivity index (χ1v) is 8.99. The van der Waals surface area contributed by atoms with Gasteiger partial charge in [0.1, 0.15) is 0 Å². The van der Waals surface area contributed by atoms with Crippen LogP contribution in [0.3, 0.4) is 0 Å². The van der Waals surface area contributed by atoms with Gasteiger partial charge in [0, 0.05) is 19.6 Å². The van der Waals surface area contributed by atoms with Crippen LogP contribution in [-0.2, 0) is 20.5 Å². The van der Waals surface area contributed by atoms with E-state index in [1.54, 1.807) is 17.0 Å². The van der Waals surface area contributed by atoms with Gasteiger partial charge in [-0.05, 0) is 24.3 Å². The number of hydrogen-bond donors (Lipinski definition) is 1. The van der Waals surface area contributed by atoms with Crippen LogP contribution in [0.5, 0.6) is 0 Å². The molecule has 6 nitrogen and oxygen atoms in total. The first kappa shape index (κ1) is 16.8. The second-order valence-corrected chi connectivity index (χ2v) is 7.30. The number of likely N-dealkylation sites (tertiary alicyclic amines) is 1. The zero-order valence-corrected chi connectivity index (χ0v) is 13.5. The highest BCUT2D eigenvalue weighted by Gasteiger charge is 2.24. The molecule has 1 aliphatic rings. The number of rotatable bonds is 5. The highest BCUT2D eigenvalue weighted by Crippen LogP contribution is 2.17. The summed E-state index contributed by atoms with van der Waals surface area (Å²) in [6, 6.07) is 9.11. The largest absolute Gasteiger partial charge is 0.453 e. The highest BCUT2D eigenvalue weighted by atomic mass is 32.2. The standard InChI is InChI=1S/C15H22N2O4S/c1-21-15(18)17-9-7-13(8-10-17)11-16-22(19,20)12-14-5-3-2-4-6-14/h2-6,13,16H,7-12H2,1H3. The molecule has 1 aliphatic heterocycles. The molecular formula is C15H22N2O4S. The number of carbonyl (C=O) groups is 1. The molecule has 1 heterocycles. The number of methoxy groups -OCH3 is 1. The minimum absolute atomic E-state index is 0.00511. The SMILES string of the molecule is COC(=O)N1CCC(CNS(=O)(=O)Cc2ccccc2)CC1. The summed E-state index contributed by atoms with van der Waals surface area (Å²) < 4.78 is 31.5. The number of hydrogen-bond acceptors (Lipinski definition) is 4. The van der Waals surface area contributed by atoms with Gasteiger partial charge in [-0.1, -0.05) is 30.3 Å². The average Bonchev–Trinajstić information content (AvgIpc) is 2.53. The second-order valence-electron chi connectivity index (χ2n) is 5.49. The Labute approximate surface area is 131 Å². The van der Waals surface area contributed by atoms with Crippen molar-refractivity contribution in [3.05, 3.63) is 35.9 Å². The number of carbonyl (C=O) groups excluding carboxylic acids is 1. The Morgan fingerprint density at radius 3 is 2.50 bits per heavy atom. The van der Waals surface area contributed by atoms with Gasteiger partial charge in [0.2, 0.25) is 10.0 Å². The zero-order valence-electron chi connectivity index (χ0n) is 12.7. The molecule has 122 valence electrons. The second kappa shape index (κ2) is 7.60. The quantitative estimate of drug-likeness (QED) is 0.891. The van der Waals surface area contributed by atoms with Gasteiger partial charge in [-0.3, -0.25) is 0 Å². The smallest absolute Gasteiger partial charge is 0.409 e. The van der Waals surface area contributed by atoms with Gasteiger partial charge < -0.3 is 9.64 Å². The number of piperidine rings is 1. The number of nitrogens with zero attached hydrogens (tertiary/aromatic N) is 1. The normalized spacial score (nSPS) is 16.5. The fourth-order valence-electron chi connectivity index (χ4n) is 2.54. The molecule has 0 unspecified atom stereocenters. The summed E-state index contributed by atoms with van der Waals surface area (Å²) in [4.78, 5) is 13.0. The van der Waals surface area contributed by atoms with Crippen molar-refractivity contribution < 1.29 is 17.9 Å². The molecule has 1 saturated heterocycles. The third-order valence-electron chi connectivity index (χ3n) is 3.84. The Bertz CT molecular complexity index is 581. The summed E-state index contributed by atoms with van der Waals surface area (Å²) in [6.45, 7) is 1.64. The summed E-state index contributed by atoms with van der Waals surface area (Å²) >= 11 is 0. The summed E-state index contributed by atoms with van der Waals surface area (Å²) in [5.41, 5.74) is 0.774. The Morgan fingerprint density at radius 1 is 1.27 bits per heavy atom. The highest BCUT2D eigenvalue weighted by molar-refractivity contribution is 7.88. The van der Waals surface area contributed by atoms with E-state index in [2.05, 4.69) is 9.46 Å². The third-order valence-corrected chi connectivity index (χ3v) is 5.16. The lowest BCUT2D eigenvalue weighted by Crippen LogP contribution is -2.41. The topological polar surface area (TPSA) is 75.7 Å². The van der Waals surface area contributed by atoms with E-state index in [4.69, 9.17) is 0 Å². The third kappa shape index (κ3) is 4.99. The van der Waals surface area contributed by atoms with E-state index < -0.39 is 10.0 Å². The van der Waals surface area contributed by atoms with Crippen molar-refractivity contribution in [2.75, 3.05) is 26.7 Å². The van der Waals surface area contributed by atoms with Gasteiger partial charge in [0.05, 0.1) is 12.9 Å². The van der Waals surface area contributed by atoms with Gasteiger partial charge in [0.15, 0.2) is 0 Å². The van der Waals surface area contributed by atoms with Gasteiger partial charge in [-0.25, -0.2) is 17.9 Å². The molecule has 0 saturated carbocycles. The van der Waals surface area contributed by atoms with Crippen molar-refractivity contribution in [3.63, 3.8) is 0 Å². The van der Waals surface area contributed by atoms with Crippen molar-refractivity contribution in [2.24, 2.45) is 5.92 Å². The maximum Gasteiger partial charge on any atom is 0.409 e. The van der Waals surface area contributed by atoms with Crippen molar-refractivity contribution in [1.29, 1.82) is 0 Å². The van der Waals surface area contributed by atoms with E-state index in [0.29, 0.717) is 19.6 Å². The van der Waals surface area contributed by atoms with E-state index in [-0.39, 0.29) is 17.8 Å². The van der Waals surface area contributed by atoms with Crippen LogP contribution >= 0.6 is 0 Å². The van der Waals surface area contributed by atoms with Crippen molar-refractivity contribution in [2.45, 2.75) is 18.6 Å². The number of benzene rings is 1. The average molecular weight is 326 g/mol. The van der Waals surface area contributed by atoms with Crippen LogP contribution in [0.2, 0.25) is 0 Å². The van der Waals surface area contributed by atoms with Crippen molar-refractivity contribution >= 4 is 16.1 Å². The monoisotopic (exact) mass is 326 g/mol. The summed E-state index contributed by atoms with van der Waals surface area (Å²) in [5.74, 6) is 0.251. The number of sulfonamides is 1. The molecule has 22 heavy (non-hydrogen) atoms. The zero-order chi connectivity index (χ0) is 16.0. The molecule has 1 fully saturated rings. The maximum atomic E-state index is 12.1. The maximum absolute atomic E-state index is 12.1. The molecule has 0 aliphatic carbocycles. The fourth-order valence-corrected chi connectivity index (χ4v) is 3.76. The number of ether oxygens (including phenoxy) is 1. The van der Waals surface area contributed by atoms with E-state index in [1.807, 2.05) is 18.2 Å². The van der Waals surface area contributed by atoms with Crippen LogP contribution in [0.15, 0.2) is 30.3 Å². The lowest BCUT2D eigenvalue weighted by molar-refractivity contribution is 0.106. The van der Waals surface area contributed by atoms with Crippen LogP contribution in [0.4, 0.5) is 4.79 Å². The molecular weight excluding hydrogens is 304 g/mol. The Morgan fingerprint density at radius 2 is 1.91 bits per heavy atom. The molecule has 0 atom stereocenters. The van der Waals surface area contributed by atoms with Gasteiger partial charge in [-0.15, -0.1) is 0 Å². The van der Waals surface area contributed by atoms with Crippen LogP contribution in [0, 0.1) is 5.92 Å². The molecule has 1 aromatic rings. The molecule has 1 N–H and O–H groups in total. The Kier molecular flexibility index (Phi) is 5.79. The Balaban J connectivity index is 1.77. The first-order chi connectivity index (χ1) is 10.5. The lowest BCUT2D eigenvalue weighted by atomic mass is 9.97. The van der Waals surface area contributed by atoms with Crippen LogP contribution < -0.4 is 4.72 Å². The van der Waals surface area contributed by atoms with Gasteiger partial charge in [0.25, 0.3) is 0 Å². The van der Waals surface area contributed by atoms with E-state index in [9.17, 15) is 13.2 Å². The minimum Gasteiger partial charge on any atom is -0.453 e. The summed E-state index contributed by atoms with van der Waals surface area (Å²) in [5, 5.41) is 0. The molecule has 2 rings (SSSR count). The molecule has 0 aromatic heterocycles. The molecule has 0 radical (unpaired) electrons. The van der Waals surface area contributed by atoms with Crippen LogP contribution in [0.25, 0.3) is 0 Å². The van der Waals surface area contributed by atoms with Crippen LogP contribution in [-0.4, -0.2) is 46.2 Å². The lowest BCUT2D eigenvalue weighted by Gasteiger charge is -2.30. The van der Waals surface area contributed by atoms with E-state index in [0.717, 1.165) is 18.4 Å². The van der Waals surface area contributed by atoms with Gasteiger partial charge in [-0.2, -0.15) is 0 Å². The van der Waals surface area contributed by atoms with Crippen molar-refractivity contribution in [3.8, 4) is 0 Å². The van der Waals surface area contributed by atoms with Crippen molar-refractivity contribution in [1.82, 2.24) is 9.62 Å². The molecule has 1 aromatic carbocycles. The van der Waals surface area contributed by atoms with Gasteiger partial charge >= 0.3 is 6.09 Å². The summed E-state index contributed by atoms with van der Waals surface area (Å²) in [6.07, 6.45) is 1.24. The number of amides is 1. The molecule has 0 spiro atoms. The summed E-state index contributed by atoms with van der Waals surface area (Å²) in [7, 11) is -1.96. The predicted molar refractivity (Wildman–Crippen MR) is 83.8 cm³/mol. The van der Waals surface area contributed by atoms with E-state index >= 15 is 0 Å². The minimum atomic E-state index is -3.32. The Hall–Kier alpha value is -1.60. The first-order valence-electron chi connectivity index (χ1n) is 7.34. The molecule has 1 amide bonds. The van der Waals surface area contributed by atoms with Crippen LogP contribution in [0.1, 0.15) is 18.4 Å². The predicted octanol–water partition coefficient (Wildman–Crippen LogP) is 1.58. The molecule has 0 bridgehead atoms.